The number of nitrogens with zero attached hydrogens (tertiary/aromatic N) is 2. The number of nitro groups is 1. The van der Waals surface area contributed by atoms with E-state index in [9.17, 15) is 25.0 Å². The Kier molecular flexibility index (Phi) is 2.99. The van der Waals surface area contributed by atoms with Crippen LogP contribution in [-0.2, 0) is 0 Å². The molecule has 0 amide bonds. The molecule has 0 aromatic heterocycles. The Morgan fingerprint density at radius 2 is 1.94 bits per heavy atom. The number of benzene rings is 1. The van der Waals surface area contributed by atoms with Crippen molar-refractivity contribution in [2.75, 3.05) is 0 Å². The molecule has 16 heavy (non-hydrogen) atoms. The van der Waals surface area contributed by atoms with Gasteiger partial charge in [-0.2, -0.15) is 0 Å². The Bertz CT molecular complexity index is 470. The standard InChI is InChI=1S/C7H4N2O7/c10-7(11)4-1-2-6(16-9(14)15)5(3-4)8(12)13/h1-3H,(H,10,11). The zero-order chi connectivity index (χ0) is 12.3. The van der Waals surface area contributed by atoms with Gasteiger partial charge in [-0.3, -0.25) is 15.0 Å². The molecular weight excluding hydrogens is 224 g/mol. The number of carboxylic acid groups (broad SMARTS) is 1. The first-order valence-electron chi connectivity index (χ1n) is 3.76. The molecule has 84 valence electrons. The monoisotopic (exact) mass is 228 g/mol. The molecule has 1 aromatic rings. The second-order valence-corrected chi connectivity index (χ2v) is 2.56. The molecule has 0 aliphatic heterocycles. The first kappa shape index (κ1) is 11.4. The average Bonchev–Trinajstić information content (AvgIpc) is 2.16. The van der Waals surface area contributed by atoms with Crippen molar-refractivity contribution in [1.82, 2.24) is 0 Å². The van der Waals surface area contributed by atoms with E-state index in [2.05, 4.69) is 4.84 Å². The van der Waals surface area contributed by atoms with Gasteiger partial charge in [-0.15, -0.1) is 10.1 Å². The fourth-order valence-corrected chi connectivity index (χ4v) is 0.951. The summed E-state index contributed by atoms with van der Waals surface area (Å²) in [5.74, 6) is -2.00. The summed E-state index contributed by atoms with van der Waals surface area (Å²) in [5, 5.41) is 27.8. The van der Waals surface area contributed by atoms with E-state index in [-0.39, 0.29) is 5.56 Å². The summed E-state index contributed by atoms with van der Waals surface area (Å²) in [6.07, 6.45) is 0. The van der Waals surface area contributed by atoms with Crippen LogP contribution in [0.15, 0.2) is 18.2 Å². The second kappa shape index (κ2) is 4.21. The lowest BCUT2D eigenvalue weighted by atomic mass is 10.2. The number of carbonyl (C=O) groups is 1. The quantitative estimate of drug-likeness (QED) is 0.596. The lowest BCUT2D eigenvalue weighted by Crippen LogP contribution is -2.07. The van der Waals surface area contributed by atoms with Crippen LogP contribution in [-0.4, -0.2) is 21.1 Å². The van der Waals surface area contributed by atoms with Gasteiger partial charge in [0, 0.05) is 6.07 Å². The van der Waals surface area contributed by atoms with Crippen LogP contribution in [0.25, 0.3) is 0 Å². The normalized spacial score (nSPS) is 9.50. The highest BCUT2D eigenvalue weighted by molar-refractivity contribution is 5.88. The third-order valence-electron chi connectivity index (χ3n) is 1.58. The lowest BCUT2D eigenvalue weighted by Gasteiger charge is -2.01. The molecule has 0 spiro atoms. The summed E-state index contributed by atoms with van der Waals surface area (Å²) in [7, 11) is 0. The lowest BCUT2D eigenvalue weighted by molar-refractivity contribution is -0.711. The highest BCUT2D eigenvalue weighted by atomic mass is 17.0. The van der Waals surface area contributed by atoms with Gasteiger partial charge in [0.05, 0.1) is 10.5 Å². The SMILES string of the molecule is O=C(O)c1ccc(O[N+](=O)[O-])c([N+](=O)[O-])c1. The fourth-order valence-electron chi connectivity index (χ4n) is 0.951. The first-order chi connectivity index (χ1) is 7.41. The maximum absolute atomic E-state index is 10.5. The minimum Gasteiger partial charge on any atom is -0.478 e. The van der Waals surface area contributed by atoms with Gasteiger partial charge < -0.3 is 5.11 Å². The second-order valence-electron chi connectivity index (χ2n) is 2.56. The molecule has 0 aliphatic rings. The zero-order valence-electron chi connectivity index (χ0n) is 7.52. The molecule has 1 N–H and O–H groups in total. The minimum absolute atomic E-state index is 0.359. The van der Waals surface area contributed by atoms with Crippen molar-refractivity contribution < 1.29 is 24.7 Å². The van der Waals surface area contributed by atoms with Crippen LogP contribution in [0.3, 0.4) is 0 Å². The molecule has 9 heteroatoms. The molecule has 9 nitrogen and oxygen atoms in total. The van der Waals surface area contributed by atoms with Crippen LogP contribution in [0, 0.1) is 20.2 Å². The van der Waals surface area contributed by atoms with Crippen molar-refractivity contribution >= 4 is 11.7 Å². The largest absolute Gasteiger partial charge is 0.478 e. The van der Waals surface area contributed by atoms with E-state index in [1.54, 1.807) is 0 Å². The summed E-state index contributed by atoms with van der Waals surface area (Å²) in [6, 6.07) is 2.50. The molecule has 0 unspecified atom stereocenters. The molecule has 0 fully saturated rings. The van der Waals surface area contributed by atoms with Crippen molar-refractivity contribution in [2.24, 2.45) is 0 Å². The molecule has 1 aromatic carbocycles. The van der Waals surface area contributed by atoms with Gasteiger partial charge >= 0.3 is 5.97 Å². The number of rotatable bonds is 4. The summed E-state index contributed by atoms with van der Waals surface area (Å²) in [6.45, 7) is 0. The van der Waals surface area contributed by atoms with E-state index in [1.807, 2.05) is 0 Å². The third kappa shape index (κ3) is 2.41. The molecular formula is C7H4N2O7. The van der Waals surface area contributed by atoms with Gasteiger partial charge in [0.2, 0.25) is 5.75 Å². The van der Waals surface area contributed by atoms with E-state index >= 15 is 0 Å². The van der Waals surface area contributed by atoms with E-state index < -0.39 is 27.4 Å². The van der Waals surface area contributed by atoms with Gasteiger partial charge in [0.25, 0.3) is 10.8 Å². The molecule has 0 aliphatic carbocycles. The summed E-state index contributed by atoms with van der Waals surface area (Å²) in [4.78, 5) is 34.0. The van der Waals surface area contributed by atoms with Crippen LogP contribution in [0.5, 0.6) is 5.75 Å². The highest BCUT2D eigenvalue weighted by Crippen LogP contribution is 2.27. The number of hydrogen-bond donors (Lipinski definition) is 1. The van der Waals surface area contributed by atoms with Crippen molar-refractivity contribution in [1.29, 1.82) is 0 Å². The summed E-state index contributed by atoms with van der Waals surface area (Å²) < 4.78 is 0. The van der Waals surface area contributed by atoms with E-state index in [0.717, 1.165) is 12.1 Å². The van der Waals surface area contributed by atoms with Crippen LogP contribution >= 0.6 is 0 Å². The molecule has 0 bridgehead atoms. The summed E-state index contributed by atoms with van der Waals surface area (Å²) >= 11 is 0. The maximum atomic E-state index is 10.5. The van der Waals surface area contributed by atoms with Crippen LogP contribution in [0.1, 0.15) is 10.4 Å². The van der Waals surface area contributed by atoms with Gasteiger partial charge in [0.15, 0.2) is 0 Å². The molecule has 0 atom stereocenters. The Morgan fingerprint density at radius 1 is 1.31 bits per heavy atom. The molecule has 0 radical (unpaired) electrons. The van der Waals surface area contributed by atoms with Crippen molar-refractivity contribution in [3.63, 3.8) is 0 Å². The fraction of sp³-hybridized carbons (Fsp3) is 0. The van der Waals surface area contributed by atoms with Gasteiger partial charge in [-0.05, 0) is 12.1 Å². The Balaban J connectivity index is 3.24. The first-order valence-corrected chi connectivity index (χ1v) is 3.76. The van der Waals surface area contributed by atoms with E-state index in [4.69, 9.17) is 5.11 Å². The number of aromatic carboxylic acids is 1. The number of nitro benzene ring substituents is 1. The number of hydrogen-bond acceptors (Lipinski definition) is 6. The average molecular weight is 228 g/mol. The molecule has 1 rings (SSSR count). The highest BCUT2D eigenvalue weighted by Gasteiger charge is 2.19. The van der Waals surface area contributed by atoms with E-state index in [0.29, 0.717) is 6.07 Å². The van der Waals surface area contributed by atoms with Crippen LogP contribution < -0.4 is 4.84 Å². The molecule has 0 saturated heterocycles. The molecule has 0 saturated carbocycles. The predicted octanol–water partition coefficient (Wildman–Crippen LogP) is 0.863. The van der Waals surface area contributed by atoms with Gasteiger partial charge in [-0.1, -0.05) is 0 Å². The van der Waals surface area contributed by atoms with Gasteiger partial charge in [0.1, 0.15) is 0 Å². The van der Waals surface area contributed by atoms with Crippen LogP contribution in [0.2, 0.25) is 0 Å². The smallest absolute Gasteiger partial charge is 0.335 e. The van der Waals surface area contributed by atoms with Crippen molar-refractivity contribution in [3.8, 4) is 5.75 Å². The predicted molar refractivity (Wildman–Crippen MR) is 47.7 cm³/mol. The maximum Gasteiger partial charge on any atom is 0.335 e. The topological polar surface area (TPSA) is 133 Å². The van der Waals surface area contributed by atoms with Gasteiger partial charge in [-0.25, -0.2) is 4.79 Å². The Hall–Kier alpha value is -2.71. The Morgan fingerprint density at radius 3 is 2.38 bits per heavy atom. The third-order valence-corrected chi connectivity index (χ3v) is 1.58. The Labute approximate surface area is 87.1 Å². The van der Waals surface area contributed by atoms with Crippen molar-refractivity contribution in [2.45, 2.75) is 0 Å². The van der Waals surface area contributed by atoms with Crippen molar-refractivity contribution in [3.05, 3.63) is 44.0 Å². The van der Waals surface area contributed by atoms with Crippen LogP contribution in [0.4, 0.5) is 5.69 Å². The van der Waals surface area contributed by atoms with E-state index in [1.165, 1.54) is 0 Å². The molecule has 0 heterocycles. The number of carboxylic acids is 1. The minimum atomic E-state index is -1.38. The zero-order valence-corrected chi connectivity index (χ0v) is 7.52. The summed E-state index contributed by atoms with van der Waals surface area (Å²) in [5.41, 5.74) is -1.14.